The van der Waals surface area contributed by atoms with Gasteiger partial charge in [-0.15, -0.1) is 0 Å². The number of aromatic nitrogens is 1. The number of methoxy groups -OCH3 is 1. The zero-order valence-corrected chi connectivity index (χ0v) is 15.4. The summed E-state index contributed by atoms with van der Waals surface area (Å²) >= 11 is 0. The second-order valence-electron chi connectivity index (χ2n) is 6.00. The van der Waals surface area contributed by atoms with Crippen molar-refractivity contribution in [2.45, 2.75) is 13.8 Å². The van der Waals surface area contributed by atoms with Crippen molar-refractivity contribution in [1.82, 2.24) is 4.98 Å². The fraction of sp³-hybridized carbons (Fsp3) is 0.167. The lowest BCUT2D eigenvalue weighted by atomic mass is 10.1. The number of aromatic amines is 1. The zero-order chi connectivity index (χ0) is 21.0. The number of aryl methyl sites for hydroxylation is 2. The van der Waals surface area contributed by atoms with Gasteiger partial charge in [-0.3, -0.25) is 20.2 Å². The summed E-state index contributed by atoms with van der Waals surface area (Å²) in [5.74, 6) is -0.548. The molecule has 28 heavy (non-hydrogen) atoms. The third kappa shape index (κ3) is 4.41. The fourth-order valence-corrected chi connectivity index (χ4v) is 2.55. The van der Waals surface area contributed by atoms with Crippen LogP contribution >= 0.6 is 0 Å². The van der Waals surface area contributed by atoms with Gasteiger partial charge in [-0.2, -0.15) is 0 Å². The second-order valence-corrected chi connectivity index (χ2v) is 6.00. The normalized spacial score (nSPS) is 10.1. The number of benzene rings is 2. The number of fused-ring (bicyclic) bond motifs is 1. The van der Waals surface area contributed by atoms with Gasteiger partial charge in [0.1, 0.15) is 16.9 Å². The van der Waals surface area contributed by atoms with Crippen molar-refractivity contribution in [3.05, 3.63) is 73.4 Å². The highest BCUT2D eigenvalue weighted by molar-refractivity contribution is 5.98. The van der Waals surface area contributed by atoms with Gasteiger partial charge in [-0.05, 0) is 43.2 Å². The van der Waals surface area contributed by atoms with E-state index in [1.807, 2.05) is 0 Å². The lowest BCUT2D eigenvalue weighted by molar-refractivity contribution is -0.384. The van der Waals surface area contributed by atoms with E-state index >= 15 is 0 Å². The Morgan fingerprint density at radius 3 is 2.14 bits per heavy atom. The Hall–Kier alpha value is -3.95. The molecule has 1 aromatic heterocycles. The number of non-ortho nitro benzene ring substituents is 1. The van der Waals surface area contributed by atoms with Crippen molar-refractivity contribution in [1.29, 1.82) is 0 Å². The van der Waals surface area contributed by atoms with Gasteiger partial charge >= 0.3 is 5.97 Å². The van der Waals surface area contributed by atoms with E-state index in [1.165, 1.54) is 25.3 Å². The van der Waals surface area contributed by atoms with Crippen molar-refractivity contribution < 1.29 is 19.4 Å². The minimum Gasteiger partial charge on any atom is -0.464 e. The number of H-pyrrole nitrogens is 1. The van der Waals surface area contributed by atoms with Crippen molar-refractivity contribution in [2.75, 3.05) is 12.8 Å². The molecule has 3 aromatic rings. The fourth-order valence-electron chi connectivity index (χ4n) is 2.55. The van der Waals surface area contributed by atoms with E-state index in [0.717, 1.165) is 11.1 Å². The quantitative estimate of drug-likeness (QED) is 0.301. The number of nitrogens with zero attached hydrogens (tertiary/aromatic N) is 2. The number of carbonyl (C=O) groups is 1. The number of nitrogens with two attached hydrogens (primary N) is 1. The first-order valence-corrected chi connectivity index (χ1v) is 8.00. The molecule has 0 fully saturated rings. The molecule has 0 aliphatic carbocycles. The number of hydrogen-bond acceptors (Lipinski definition) is 7. The summed E-state index contributed by atoms with van der Waals surface area (Å²) in [5.41, 5.74) is 7.63. The monoisotopic (exact) mass is 386 g/mol. The molecule has 0 saturated carbocycles. The maximum atomic E-state index is 11.3. The van der Waals surface area contributed by atoms with Gasteiger partial charge in [0.05, 0.1) is 17.0 Å². The first kappa shape index (κ1) is 20.4. The molecule has 0 saturated heterocycles. The molecule has 0 amide bonds. The molecule has 0 bridgehead atoms. The van der Waals surface area contributed by atoms with Crippen LogP contribution in [0.25, 0.3) is 10.9 Å². The van der Waals surface area contributed by atoms with Crippen molar-refractivity contribution in [2.24, 2.45) is 0 Å². The summed E-state index contributed by atoms with van der Waals surface area (Å²) in [6, 6.07) is 9.50. The van der Waals surface area contributed by atoms with E-state index in [-0.39, 0.29) is 22.8 Å². The number of hydrogen-bond donors (Lipinski definition) is 2. The van der Waals surface area contributed by atoms with Crippen LogP contribution in [-0.4, -0.2) is 27.9 Å². The third-order valence-corrected chi connectivity index (χ3v) is 3.84. The number of rotatable bonds is 3. The molecular weight excluding hydrogens is 368 g/mol. The van der Waals surface area contributed by atoms with Crippen LogP contribution in [0, 0.1) is 34.1 Å². The van der Waals surface area contributed by atoms with Gasteiger partial charge in [0.2, 0.25) is 0 Å². The van der Waals surface area contributed by atoms with Crippen LogP contribution in [-0.2, 0) is 4.74 Å². The van der Waals surface area contributed by atoms with Gasteiger partial charge in [-0.25, -0.2) is 4.79 Å². The van der Waals surface area contributed by atoms with Gasteiger partial charge in [0, 0.05) is 17.5 Å². The maximum Gasteiger partial charge on any atom is 0.354 e. The summed E-state index contributed by atoms with van der Waals surface area (Å²) in [6.07, 6.45) is 0. The van der Waals surface area contributed by atoms with Crippen LogP contribution in [0.5, 0.6) is 0 Å². The summed E-state index contributed by atoms with van der Waals surface area (Å²) < 4.78 is 4.56. The summed E-state index contributed by atoms with van der Waals surface area (Å²) in [7, 11) is 1.26. The van der Waals surface area contributed by atoms with Crippen LogP contribution in [0.3, 0.4) is 0 Å². The number of anilines is 1. The lowest BCUT2D eigenvalue weighted by Gasteiger charge is -1.96. The number of nitrogens with one attached hydrogen (secondary N) is 1. The van der Waals surface area contributed by atoms with E-state index in [1.54, 1.807) is 32.0 Å². The topological polar surface area (TPSA) is 154 Å². The summed E-state index contributed by atoms with van der Waals surface area (Å²) in [5, 5.41) is 21.8. The van der Waals surface area contributed by atoms with Gasteiger partial charge in [0.25, 0.3) is 11.4 Å². The Balaban J connectivity index is 0.000000221. The molecule has 0 aliphatic heterocycles. The predicted octanol–water partition coefficient (Wildman–Crippen LogP) is 3.66. The summed E-state index contributed by atoms with van der Waals surface area (Å²) in [6.45, 7) is 3.55. The largest absolute Gasteiger partial charge is 0.464 e. The number of esters is 1. The van der Waals surface area contributed by atoms with E-state index in [2.05, 4.69) is 9.72 Å². The number of ether oxygens (including phenoxy) is 1. The highest BCUT2D eigenvalue weighted by Gasteiger charge is 2.18. The van der Waals surface area contributed by atoms with Crippen LogP contribution in [0.1, 0.15) is 21.6 Å². The highest BCUT2D eigenvalue weighted by atomic mass is 16.6. The molecule has 0 radical (unpaired) electrons. The Labute approximate surface area is 159 Å². The smallest absolute Gasteiger partial charge is 0.354 e. The Morgan fingerprint density at radius 1 is 1.00 bits per heavy atom. The molecule has 0 unspecified atom stereocenters. The maximum absolute atomic E-state index is 11.3. The lowest BCUT2D eigenvalue weighted by Crippen LogP contribution is -2.00. The predicted molar refractivity (Wildman–Crippen MR) is 103 cm³/mol. The van der Waals surface area contributed by atoms with Crippen LogP contribution in [0.15, 0.2) is 36.4 Å². The van der Waals surface area contributed by atoms with Crippen molar-refractivity contribution >= 4 is 33.9 Å². The molecular formula is C18H18N4O6. The molecule has 1 heterocycles. The standard InChI is InChI=1S/C11H10N2O4.C7H8N2O2/c1-6-3-7-5-8(11(14)17-2)12-10(7)9(4-6)13(15)16;1-5-2-3-6(8)7(4-5)9(10)11/h3-5,12H,1-2H3;2-4H,8H2,1H3. The summed E-state index contributed by atoms with van der Waals surface area (Å²) in [4.78, 5) is 34.3. The Morgan fingerprint density at radius 2 is 1.61 bits per heavy atom. The molecule has 3 rings (SSSR count). The molecule has 10 heteroatoms. The molecule has 0 aliphatic rings. The Kier molecular flexibility index (Phi) is 5.94. The van der Waals surface area contributed by atoms with E-state index in [9.17, 15) is 25.0 Å². The first-order chi connectivity index (χ1) is 13.1. The van der Waals surface area contributed by atoms with Crippen molar-refractivity contribution in [3.63, 3.8) is 0 Å². The minimum absolute atomic E-state index is 0.0231. The molecule has 10 nitrogen and oxygen atoms in total. The number of nitro groups is 2. The van der Waals surface area contributed by atoms with Gasteiger partial charge in [-0.1, -0.05) is 6.07 Å². The number of nitrogen functional groups attached to an aromatic ring is 1. The zero-order valence-electron chi connectivity index (χ0n) is 15.4. The second kappa shape index (κ2) is 8.16. The molecule has 146 valence electrons. The van der Waals surface area contributed by atoms with Crippen LogP contribution < -0.4 is 5.73 Å². The molecule has 3 N–H and O–H groups in total. The average Bonchev–Trinajstić information content (AvgIpc) is 3.06. The Bertz CT molecular complexity index is 1070. The van der Waals surface area contributed by atoms with Crippen LogP contribution in [0.2, 0.25) is 0 Å². The third-order valence-electron chi connectivity index (χ3n) is 3.84. The molecule has 0 atom stereocenters. The van der Waals surface area contributed by atoms with Crippen LogP contribution in [0.4, 0.5) is 17.1 Å². The SMILES string of the molecule is COC(=O)c1cc2cc(C)cc([N+](=O)[O-])c2[nH]1.Cc1ccc(N)c([N+](=O)[O-])c1. The van der Waals surface area contributed by atoms with Gasteiger partial charge < -0.3 is 15.5 Å². The first-order valence-electron chi connectivity index (χ1n) is 8.00. The number of carbonyl (C=O) groups excluding carboxylic acids is 1. The molecule has 2 aromatic carbocycles. The minimum atomic E-state index is -0.548. The van der Waals surface area contributed by atoms with E-state index < -0.39 is 15.8 Å². The van der Waals surface area contributed by atoms with Crippen molar-refractivity contribution in [3.8, 4) is 0 Å². The van der Waals surface area contributed by atoms with E-state index in [4.69, 9.17) is 5.73 Å². The van der Waals surface area contributed by atoms with Gasteiger partial charge in [0.15, 0.2) is 0 Å². The number of nitro benzene ring substituents is 2. The highest BCUT2D eigenvalue weighted by Crippen LogP contribution is 2.27. The van der Waals surface area contributed by atoms with E-state index in [0.29, 0.717) is 10.9 Å². The average molecular weight is 386 g/mol. The molecule has 0 spiro atoms.